The number of anilines is 2. The molecule has 0 spiro atoms. The maximum Gasteiger partial charge on any atom is 0.270 e. The van der Waals surface area contributed by atoms with E-state index in [4.69, 9.17) is 4.98 Å². The van der Waals surface area contributed by atoms with Gasteiger partial charge in [0.25, 0.3) is 5.91 Å². The summed E-state index contributed by atoms with van der Waals surface area (Å²) in [6, 6.07) is 14.4. The van der Waals surface area contributed by atoms with Gasteiger partial charge in [-0.25, -0.2) is 4.98 Å². The van der Waals surface area contributed by atoms with E-state index < -0.39 is 5.60 Å². The van der Waals surface area contributed by atoms with Crippen LogP contribution in [0.2, 0.25) is 0 Å². The molecule has 1 aromatic carbocycles. The van der Waals surface area contributed by atoms with Crippen LogP contribution in [0.3, 0.4) is 0 Å². The maximum absolute atomic E-state index is 13.1. The first-order valence-corrected chi connectivity index (χ1v) is 11.4. The molecule has 5 heteroatoms. The van der Waals surface area contributed by atoms with Crippen molar-refractivity contribution in [2.45, 2.75) is 56.6 Å². The summed E-state index contributed by atoms with van der Waals surface area (Å²) in [6.45, 7) is 0.918. The van der Waals surface area contributed by atoms with Gasteiger partial charge in [-0.15, -0.1) is 0 Å². The number of hydrogen-bond donors (Lipinski definition) is 2. The fourth-order valence-electron chi connectivity index (χ4n) is 6.91. The quantitative estimate of drug-likeness (QED) is 0.817. The van der Waals surface area contributed by atoms with Gasteiger partial charge in [0.05, 0.1) is 5.60 Å². The fraction of sp³-hybridized carbons (Fsp3) is 0.520. The highest BCUT2D eigenvalue weighted by Crippen LogP contribution is 2.55. The number of carbonyl (C=O) groups excluding carboxylic acids is 1. The molecule has 5 nitrogen and oxygen atoms in total. The molecule has 1 aliphatic heterocycles. The van der Waals surface area contributed by atoms with E-state index in [0.717, 1.165) is 57.3 Å². The molecule has 2 heterocycles. The van der Waals surface area contributed by atoms with E-state index >= 15 is 0 Å². The number of nitrogens with zero attached hydrogens (tertiary/aromatic N) is 2. The number of carbonyl (C=O) groups is 1. The van der Waals surface area contributed by atoms with Crippen molar-refractivity contribution in [3.05, 3.63) is 53.7 Å². The molecule has 4 saturated carbocycles. The molecular weight excluding hydrogens is 374 g/mol. The molecule has 30 heavy (non-hydrogen) atoms. The maximum atomic E-state index is 13.1. The number of hydrogen-bond acceptors (Lipinski definition) is 4. The normalized spacial score (nSPS) is 34.0. The van der Waals surface area contributed by atoms with Crippen molar-refractivity contribution in [3.8, 4) is 0 Å². The molecule has 2 atom stereocenters. The van der Waals surface area contributed by atoms with Gasteiger partial charge in [0.2, 0.25) is 0 Å². The van der Waals surface area contributed by atoms with E-state index in [1.165, 1.54) is 11.3 Å². The van der Waals surface area contributed by atoms with Crippen LogP contribution in [-0.4, -0.2) is 34.2 Å². The van der Waals surface area contributed by atoms with E-state index in [9.17, 15) is 9.90 Å². The first-order valence-electron chi connectivity index (χ1n) is 11.4. The minimum atomic E-state index is -0.475. The molecule has 4 fully saturated rings. The predicted octanol–water partition coefficient (Wildman–Crippen LogP) is 3.84. The highest BCUT2D eigenvalue weighted by molar-refractivity contribution is 5.93. The first kappa shape index (κ1) is 18.4. The molecule has 156 valence electrons. The number of aromatic nitrogens is 1. The van der Waals surface area contributed by atoms with Crippen LogP contribution >= 0.6 is 0 Å². The third kappa shape index (κ3) is 3.02. The first-order chi connectivity index (χ1) is 14.6. The van der Waals surface area contributed by atoms with Gasteiger partial charge < -0.3 is 15.3 Å². The highest BCUT2D eigenvalue weighted by atomic mass is 16.3. The zero-order valence-corrected chi connectivity index (χ0v) is 17.3. The molecule has 2 unspecified atom stereocenters. The number of nitrogens with one attached hydrogen (secondary N) is 1. The zero-order chi connectivity index (χ0) is 20.3. The number of amides is 1. The third-order valence-corrected chi connectivity index (χ3v) is 7.89. The molecular formula is C25H29N3O2. The van der Waals surface area contributed by atoms with E-state index in [-0.39, 0.29) is 11.9 Å². The Morgan fingerprint density at radius 1 is 1.07 bits per heavy atom. The molecule has 4 bridgehead atoms. The van der Waals surface area contributed by atoms with Crippen molar-refractivity contribution < 1.29 is 9.90 Å². The van der Waals surface area contributed by atoms with E-state index in [1.807, 2.05) is 18.2 Å². The van der Waals surface area contributed by atoms with E-state index in [1.54, 1.807) is 0 Å². The second-order valence-corrected chi connectivity index (χ2v) is 9.96. The summed E-state index contributed by atoms with van der Waals surface area (Å²) in [6.07, 6.45) is 7.09. The highest BCUT2D eigenvalue weighted by Gasteiger charge is 2.55. The Balaban J connectivity index is 1.23. The van der Waals surface area contributed by atoms with Crippen LogP contribution in [-0.2, 0) is 6.42 Å². The molecule has 1 amide bonds. The van der Waals surface area contributed by atoms with Crippen molar-refractivity contribution in [2.75, 3.05) is 11.4 Å². The Morgan fingerprint density at radius 3 is 2.67 bits per heavy atom. The molecule has 4 aliphatic carbocycles. The summed E-state index contributed by atoms with van der Waals surface area (Å²) in [5.41, 5.74) is 2.55. The van der Waals surface area contributed by atoms with Crippen molar-refractivity contribution in [1.82, 2.24) is 10.3 Å². The second-order valence-electron chi connectivity index (χ2n) is 9.96. The second kappa shape index (κ2) is 6.81. The molecule has 2 aromatic rings. The van der Waals surface area contributed by atoms with Crippen LogP contribution < -0.4 is 10.2 Å². The summed E-state index contributed by atoms with van der Waals surface area (Å²) in [5.74, 6) is 2.21. The van der Waals surface area contributed by atoms with Crippen LogP contribution in [0.4, 0.5) is 11.5 Å². The van der Waals surface area contributed by atoms with Crippen LogP contribution in [0.5, 0.6) is 0 Å². The van der Waals surface area contributed by atoms with E-state index in [0.29, 0.717) is 23.4 Å². The smallest absolute Gasteiger partial charge is 0.270 e. The summed E-state index contributed by atoms with van der Waals surface area (Å²) in [4.78, 5) is 20.1. The Morgan fingerprint density at radius 2 is 1.87 bits per heavy atom. The van der Waals surface area contributed by atoms with Gasteiger partial charge in [0, 0.05) is 18.3 Å². The molecule has 7 rings (SSSR count). The number of fused-ring (bicyclic) bond motifs is 1. The van der Waals surface area contributed by atoms with Crippen LogP contribution in [0.25, 0.3) is 0 Å². The standard InChI is InChI=1S/C25H29N3O2/c29-24(27-23-18-11-16-12-19(23)15-25(30,13-16)14-18)20-7-3-9-22(26-20)28-10-4-6-17-5-1-2-8-21(17)28/h1-3,5,7-9,16,18-19,23,30H,4,6,10-15H2,(H,27,29). The van der Waals surface area contributed by atoms with Crippen molar-refractivity contribution in [3.63, 3.8) is 0 Å². The number of rotatable bonds is 3. The Hall–Kier alpha value is -2.40. The Kier molecular flexibility index (Phi) is 4.17. The van der Waals surface area contributed by atoms with Gasteiger partial charge >= 0.3 is 0 Å². The number of para-hydroxylation sites is 1. The summed E-state index contributed by atoms with van der Waals surface area (Å²) in [7, 11) is 0. The van der Waals surface area contributed by atoms with Gasteiger partial charge in [-0.2, -0.15) is 0 Å². The molecule has 5 aliphatic rings. The number of aryl methyl sites for hydroxylation is 1. The summed E-state index contributed by atoms with van der Waals surface area (Å²) < 4.78 is 0. The van der Waals surface area contributed by atoms with Gasteiger partial charge in [-0.1, -0.05) is 24.3 Å². The van der Waals surface area contributed by atoms with E-state index in [2.05, 4.69) is 34.5 Å². The van der Waals surface area contributed by atoms with Gasteiger partial charge in [-0.05, 0) is 86.5 Å². The van der Waals surface area contributed by atoms with Gasteiger partial charge in [0.15, 0.2) is 0 Å². The van der Waals surface area contributed by atoms with Crippen LogP contribution in [0.1, 0.15) is 54.6 Å². The van der Waals surface area contributed by atoms with Crippen molar-refractivity contribution >= 4 is 17.4 Å². The minimum Gasteiger partial charge on any atom is -0.390 e. The lowest BCUT2D eigenvalue weighted by Gasteiger charge is -2.58. The lowest BCUT2D eigenvalue weighted by molar-refractivity contribution is -0.136. The van der Waals surface area contributed by atoms with Crippen LogP contribution in [0, 0.1) is 17.8 Å². The average Bonchev–Trinajstić information content (AvgIpc) is 2.74. The summed E-state index contributed by atoms with van der Waals surface area (Å²) >= 11 is 0. The topological polar surface area (TPSA) is 65.5 Å². The van der Waals surface area contributed by atoms with Gasteiger partial charge in [0.1, 0.15) is 11.5 Å². The molecule has 0 radical (unpaired) electrons. The van der Waals surface area contributed by atoms with Gasteiger partial charge in [-0.3, -0.25) is 4.79 Å². The van der Waals surface area contributed by atoms with Crippen molar-refractivity contribution in [2.24, 2.45) is 17.8 Å². The lowest BCUT2D eigenvalue weighted by Crippen LogP contribution is -2.61. The SMILES string of the molecule is O=C(NC1C2CC3CC1CC(O)(C3)C2)c1cccc(N2CCCc3ccccc32)n1. The zero-order valence-electron chi connectivity index (χ0n) is 17.3. The van der Waals surface area contributed by atoms with Crippen LogP contribution in [0.15, 0.2) is 42.5 Å². The number of pyridine rings is 1. The predicted molar refractivity (Wildman–Crippen MR) is 116 cm³/mol. The number of aliphatic hydroxyl groups is 1. The van der Waals surface area contributed by atoms with Crippen molar-refractivity contribution in [1.29, 1.82) is 0 Å². The molecule has 1 aromatic heterocycles. The monoisotopic (exact) mass is 403 g/mol. The fourth-order valence-corrected chi connectivity index (χ4v) is 6.91. The Bertz CT molecular complexity index is 974. The average molecular weight is 404 g/mol. The lowest BCUT2D eigenvalue weighted by atomic mass is 9.52. The molecule has 0 saturated heterocycles. The minimum absolute atomic E-state index is 0.0772. The number of benzene rings is 1. The third-order valence-electron chi connectivity index (χ3n) is 7.89. The molecule has 2 N–H and O–H groups in total. The summed E-state index contributed by atoms with van der Waals surface area (Å²) in [5, 5.41) is 14.1. The Labute approximate surface area is 177 Å². The largest absolute Gasteiger partial charge is 0.390 e.